The number of nitrogens with one attached hydrogen (secondary N) is 2. The summed E-state index contributed by atoms with van der Waals surface area (Å²) in [5, 5.41) is 25.1. The van der Waals surface area contributed by atoms with E-state index in [-0.39, 0.29) is 23.0 Å². The molecule has 4 N–H and O–H groups in total. The molecule has 1 amide bonds. The Balaban J connectivity index is 1.89. The minimum Gasteiger partial charge on any atom is -0.508 e. The van der Waals surface area contributed by atoms with Gasteiger partial charge in [-0.1, -0.05) is 0 Å². The number of aromatic hydroxyl groups is 2. The first kappa shape index (κ1) is 13.7. The van der Waals surface area contributed by atoms with Gasteiger partial charge < -0.3 is 20.8 Å². The second kappa shape index (κ2) is 5.93. The van der Waals surface area contributed by atoms with Gasteiger partial charge in [0.15, 0.2) is 0 Å². The highest BCUT2D eigenvalue weighted by atomic mass is 16.3. The number of phenols is 2. The van der Waals surface area contributed by atoms with E-state index in [1.165, 1.54) is 18.2 Å². The van der Waals surface area contributed by atoms with E-state index in [9.17, 15) is 15.0 Å². The number of carbonyl (C=O) groups is 1. The molecule has 5 nitrogen and oxygen atoms in total. The van der Waals surface area contributed by atoms with Crippen LogP contribution in [0.1, 0.15) is 30.1 Å². The number of phenolic OH excluding ortho intramolecular Hbond substituents is 2. The van der Waals surface area contributed by atoms with Crippen LogP contribution in [0.5, 0.6) is 11.5 Å². The van der Waals surface area contributed by atoms with Crippen molar-refractivity contribution in [3.63, 3.8) is 0 Å². The molecule has 1 heterocycles. The quantitative estimate of drug-likeness (QED) is 0.619. The fraction of sp³-hybridized carbons (Fsp3) is 0.500. The van der Waals surface area contributed by atoms with Gasteiger partial charge in [-0.3, -0.25) is 4.79 Å². The highest BCUT2D eigenvalue weighted by molar-refractivity contribution is 5.97. The lowest BCUT2D eigenvalue weighted by molar-refractivity contribution is 0.0941. The zero-order valence-corrected chi connectivity index (χ0v) is 11.0. The summed E-state index contributed by atoms with van der Waals surface area (Å²) in [7, 11) is 0. The molecule has 2 unspecified atom stereocenters. The first-order valence-corrected chi connectivity index (χ1v) is 6.60. The van der Waals surface area contributed by atoms with Crippen molar-refractivity contribution >= 4 is 5.91 Å². The van der Waals surface area contributed by atoms with E-state index >= 15 is 0 Å². The van der Waals surface area contributed by atoms with Crippen LogP contribution >= 0.6 is 0 Å². The Kier molecular flexibility index (Phi) is 4.27. The Hall–Kier alpha value is -1.75. The lowest BCUT2D eigenvalue weighted by Gasteiger charge is -2.27. The standard InChI is InChI=1S/C14H20N2O3/c1-9-2-3-10(7-15-9)8-16-14(19)12-6-11(17)4-5-13(12)18/h4-6,9-10,15,17-18H,2-3,7-8H2,1H3,(H,16,19). The number of benzene rings is 1. The van der Waals surface area contributed by atoms with Crippen molar-refractivity contribution in [1.82, 2.24) is 10.6 Å². The molecule has 2 atom stereocenters. The summed E-state index contributed by atoms with van der Waals surface area (Å²) < 4.78 is 0. The topological polar surface area (TPSA) is 81.6 Å². The number of amides is 1. The van der Waals surface area contributed by atoms with E-state index in [4.69, 9.17) is 0 Å². The summed E-state index contributed by atoms with van der Waals surface area (Å²) in [5.41, 5.74) is 0.108. The van der Waals surface area contributed by atoms with Gasteiger partial charge in [0.1, 0.15) is 11.5 Å². The lowest BCUT2D eigenvalue weighted by atomic mass is 9.95. The third-order valence-electron chi connectivity index (χ3n) is 3.54. The molecular formula is C14H20N2O3. The highest BCUT2D eigenvalue weighted by Gasteiger charge is 2.19. The van der Waals surface area contributed by atoms with Crippen LogP contribution in [0.2, 0.25) is 0 Å². The SMILES string of the molecule is CC1CCC(CNC(=O)c2cc(O)ccc2O)CN1. The smallest absolute Gasteiger partial charge is 0.255 e. The molecule has 0 aliphatic carbocycles. The highest BCUT2D eigenvalue weighted by Crippen LogP contribution is 2.22. The van der Waals surface area contributed by atoms with E-state index in [1.807, 2.05) is 0 Å². The number of hydrogen-bond donors (Lipinski definition) is 4. The first-order valence-electron chi connectivity index (χ1n) is 6.60. The molecule has 1 aliphatic heterocycles. The van der Waals surface area contributed by atoms with Gasteiger partial charge in [-0.2, -0.15) is 0 Å². The number of hydrogen-bond acceptors (Lipinski definition) is 4. The zero-order valence-electron chi connectivity index (χ0n) is 11.0. The van der Waals surface area contributed by atoms with Crippen molar-refractivity contribution in [2.45, 2.75) is 25.8 Å². The van der Waals surface area contributed by atoms with Crippen LogP contribution in [0.15, 0.2) is 18.2 Å². The van der Waals surface area contributed by atoms with E-state index in [2.05, 4.69) is 17.6 Å². The minimum atomic E-state index is -0.355. The molecule has 2 rings (SSSR count). The van der Waals surface area contributed by atoms with Crippen molar-refractivity contribution in [1.29, 1.82) is 0 Å². The zero-order chi connectivity index (χ0) is 13.8. The first-order chi connectivity index (χ1) is 9.06. The maximum absolute atomic E-state index is 11.9. The fourth-order valence-electron chi connectivity index (χ4n) is 2.27. The van der Waals surface area contributed by atoms with Crippen LogP contribution in [0.4, 0.5) is 0 Å². The second-order valence-electron chi connectivity index (χ2n) is 5.16. The van der Waals surface area contributed by atoms with Gasteiger partial charge in [0.25, 0.3) is 5.91 Å². The predicted octanol–water partition coefficient (Wildman–Crippen LogP) is 1.22. The molecule has 5 heteroatoms. The average molecular weight is 264 g/mol. The average Bonchev–Trinajstić information content (AvgIpc) is 2.40. The molecule has 0 radical (unpaired) electrons. The molecule has 1 aromatic carbocycles. The molecule has 0 spiro atoms. The molecule has 0 bridgehead atoms. The van der Waals surface area contributed by atoms with Crippen LogP contribution in [0.3, 0.4) is 0 Å². The van der Waals surface area contributed by atoms with Crippen molar-refractivity contribution in [2.24, 2.45) is 5.92 Å². The monoisotopic (exact) mass is 264 g/mol. The van der Waals surface area contributed by atoms with Crippen LogP contribution in [-0.2, 0) is 0 Å². The molecular weight excluding hydrogens is 244 g/mol. The van der Waals surface area contributed by atoms with E-state index < -0.39 is 0 Å². The summed E-state index contributed by atoms with van der Waals surface area (Å²) in [6.45, 7) is 3.63. The van der Waals surface area contributed by atoms with Crippen LogP contribution in [-0.4, -0.2) is 35.3 Å². The number of rotatable bonds is 3. The van der Waals surface area contributed by atoms with Crippen LogP contribution < -0.4 is 10.6 Å². The summed E-state index contributed by atoms with van der Waals surface area (Å²) >= 11 is 0. The summed E-state index contributed by atoms with van der Waals surface area (Å²) in [6.07, 6.45) is 2.19. The van der Waals surface area contributed by atoms with E-state index in [1.54, 1.807) is 0 Å². The van der Waals surface area contributed by atoms with E-state index in [0.717, 1.165) is 19.4 Å². The van der Waals surface area contributed by atoms with Crippen molar-refractivity contribution in [3.8, 4) is 11.5 Å². The van der Waals surface area contributed by atoms with Gasteiger partial charge in [0, 0.05) is 12.6 Å². The van der Waals surface area contributed by atoms with Crippen molar-refractivity contribution in [3.05, 3.63) is 23.8 Å². The van der Waals surface area contributed by atoms with Crippen LogP contribution in [0.25, 0.3) is 0 Å². The molecule has 19 heavy (non-hydrogen) atoms. The van der Waals surface area contributed by atoms with E-state index in [0.29, 0.717) is 18.5 Å². The van der Waals surface area contributed by atoms with Crippen molar-refractivity contribution < 1.29 is 15.0 Å². The van der Waals surface area contributed by atoms with Gasteiger partial charge in [0.05, 0.1) is 5.56 Å². The van der Waals surface area contributed by atoms with Gasteiger partial charge in [-0.15, -0.1) is 0 Å². The Morgan fingerprint density at radius 3 is 2.89 bits per heavy atom. The largest absolute Gasteiger partial charge is 0.508 e. The summed E-state index contributed by atoms with van der Waals surface area (Å²) in [6, 6.07) is 4.47. The molecule has 1 fully saturated rings. The Morgan fingerprint density at radius 1 is 1.42 bits per heavy atom. The van der Waals surface area contributed by atoms with Crippen LogP contribution in [0, 0.1) is 5.92 Å². The molecule has 1 aromatic rings. The third-order valence-corrected chi connectivity index (χ3v) is 3.54. The Morgan fingerprint density at radius 2 is 2.21 bits per heavy atom. The third kappa shape index (κ3) is 3.61. The fourth-order valence-corrected chi connectivity index (χ4v) is 2.27. The normalized spacial score (nSPS) is 23.0. The molecule has 104 valence electrons. The maximum Gasteiger partial charge on any atom is 0.255 e. The molecule has 0 saturated carbocycles. The summed E-state index contributed by atoms with van der Waals surface area (Å²) in [5.74, 6) is -0.0894. The Labute approximate surface area is 112 Å². The number of piperidine rings is 1. The summed E-state index contributed by atoms with van der Waals surface area (Å²) in [4.78, 5) is 11.9. The number of carbonyl (C=O) groups excluding carboxylic acids is 1. The van der Waals surface area contributed by atoms with Crippen molar-refractivity contribution in [2.75, 3.05) is 13.1 Å². The molecule has 1 saturated heterocycles. The molecule has 1 aliphatic rings. The van der Waals surface area contributed by atoms with Gasteiger partial charge in [-0.05, 0) is 50.4 Å². The molecule has 0 aromatic heterocycles. The van der Waals surface area contributed by atoms with Gasteiger partial charge in [0.2, 0.25) is 0 Å². The second-order valence-corrected chi connectivity index (χ2v) is 5.16. The maximum atomic E-state index is 11.9. The Bertz CT molecular complexity index is 454. The predicted molar refractivity (Wildman–Crippen MR) is 72.3 cm³/mol. The van der Waals surface area contributed by atoms with Gasteiger partial charge in [-0.25, -0.2) is 0 Å². The lowest BCUT2D eigenvalue weighted by Crippen LogP contribution is -2.41. The van der Waals surface area contributed by atoms with Gasteiger partial charge >= 0.3 is 0 Å². The minimum absolute atomic E-state index is 0.0314.